The van der Waals surface area contributed by atoms with Gasteiger partial charge in [0.05, 0.1) is 6.20 Å². The van der Waals surface area contributed by atoms with E-state index in [1.807, 2.05) is 30.3 Å². The number of amides is 1. The molecule has 1 aromatic heterocycles. The molecule has 0 bridgehead atoms. The van der Waals surface area contributed by atoms with Gasteiger partial charge in [-0.3, -0.25) is 4.79 Å². The van der Waals surface area contributed by atoms with Crippen LogP contribution in [0, 0.1) is 5.92 Å². The number of carbonyl (C=O) groups excluding carboxylic acids is 1. The molecule has 1 fully saturated rings. The Morgan fingerprint density at radius 3 is 2.71 bits per heavy atom. The van der Waals surface area contributed by atoms with Crippen molar-refractivity contribution in [2.75, 3.05) is 26.7 Å². The number of benzene rings is 1. The van der Waals surface area contributed by atoms with E-state index in [-0.39, 0.29) is 5.91 Å². The second-order valence-electron chi connectivity index (χ2n) is 6.96. The van der Waals surface area contributed by atoms with Gasteiger partial charge in [0.25, 0.3) is 0 Å². The summed E-state index contributed by atoms with van der Waals surface area (Å²) < 4.78 is 5.85. The number of nitrogens with one attached hydrogen (secondary N) is 2. The smallest absolute Gasteiger partial charge is 0.220 e. The van der Waals surface area contributed by atoms with Crippen LogP contribution >= 0.6 is 0 Å². The number of rotatable bonds is 6. The first kappa shape index (κ1) is 19.9. The molecule has 1 aromatic carbocycles. The minimum atomic E-state index is 0.122. The molecule has 1 amide bonds. The average Bonchev–Trinajstić information content (AvgIpc) is 3.21. The van der Waals surface area contributed by atoms with Gasteiger partial charge in [-0.05, 0) is 25.7 Å². The Bertz CT molecular complexity index is 779. The fourth-order valence-electron chi connectivity index (χ4n) is 3.40. The lowest BCUT2D eigenvalue weighted by Crippen LogP contribution is -2.46. The standard InChI is InChI=1S/C21H29N5O2/c1-3-23-21(26-11-9-16(10-12-26)13-19(27)22-2)25-15-20-24-14-18(28-20)17-7-5-4-6-8-17/h4-8,14,16H,3,9-13,15H2,1-2H3,(H,22,27)(H,23,25). The highest BCUT2D eigenvalue weighted by Crippen LogP contribution is 2.22. The van der Waals surface area contributed by atoms with Crippen molar-refractivity contribution in [1.82, 2.24) is 20.5 Å². The highest BCUT2D eigenvalue weighted by Gasteiger charge is 2.23. The Morgan fingerprint density at radius 1 is 1.29 bits per heavy atom. The Kier molecular flexibility index (Phi) is 7.06. The van der Waals surface area contributed by atoms with E-state index in [1.165, 1.54) is 0 Å². The lowest BCUT2D eigenvalue weighted by molar-refractivity contribution is -0.121. The maximum Gasteiger partial charge on any atom is 0.220 e. The molecule has 7 nitrogen and oxygen atoms in total. The van der Waals surface area contributed by atoms with Crippen LogP contribution in [0.25, 0.3) is 11.3 Å². The molecule has 1 aliphatic rings. The fourth-order valence-corrected chi connectivity index (χ4v) is 3.40. The second-order valence-corrected chi connectivity index (χ2v) is 6.96. The van der Waals surface area contributed by atoms with Crippen LogP contribution in [0.2, 0.25) is 0 Å². The van der Waals surface area contributed by atoms with E-state index in [4.69, 9.17) is 9.41 Å². The number of hydrogen-bond acceptors (Lipinski definition) is 4. The first-order chi connectivity index (χ1) is 13.7. The van der Waals surface area contributed by atoms with Gasteiger partial charge in [0.1, 0.15) is 6.54 Å². The van der Waals surface area contributed by atoms with Crippen LogP contribution in [0.15, 0.2) is 45.9 Å². The zero-order valence-corrected chi connectivity index (χ0v) is 16.6. The predicted octanol–water partition coefficient (Wildman–Crippen LogP) is 2.66. The van der Waals surface area contributed by atoms with E-state index in [0.717, 1.165) is 49.8 Å². The summed E-state index contributed by atoms with van der Waals surface area (Å²) in [7, 11) is 1.69. The Balaban J connectivity index is 1.59. The molecular weight excluding hydrogens is 354 g/mol. The lowest BCUT2D eigenvalue weighted by Gasteiger charge is -2.34. The topological polar surface area (TPSA) is 82.8 Å². The molecule has 2 heterocycles. The minimum absolute atomic E-state index is 0.122. The van der Waals surface area contributed by atoms with Gasteiger partial charge in [0, 0.05) is 38.7 Å². The van der Waals surface area contributed by atoms with Crippen molar-refractivity contribution in [2.45, 2.75) is 32.7 Å². The number of piperidine rings is 1. The van der Waals surface area contributed by atoms with Crippen molar-refractivity contribution in [3.05, 3.63) is 42.4 Å². The highest BCUT2D eigenvalue weighted by atomic mass is 16.4. The molecule has 0 atom stereocenters. The van der Waals surface area contributed by atoms with Crippen molar-refractivity contribution in [2.24, 2.45) is 10.9 Å². The molecule has 2 N–H and O–H groups in total. The van der Waals surface area contributed by atoms with E-state index < -0.39 is 0 Å². The number of guanidine groups is 1. The maximum atomic E-state index is 11.6. The number of aromatic nitrogens is 1. The first-order valence-electron chi connectivity index (χ1n) is 9.93. The van der Waals surface area contributed by atoms with E-state index in [9.17, 15) is 4.79 Å². The fraction of sp³-hybridized carbons (Fsp3) is 0.476. The third kappa shape index (κ3) is 5.34. The summed E-state index contributed by atoms with van der Waals surface area (Å²) in [5.74, 6) is 2.80. The van der Waals surface area contributed by atoms with Crippen LogP contribution in [0.4, 0.5) is 0 Å². The van der Waals surface area contributed by atoms with Crippen molar-refractivity contribution < 1.29 is 9.21 Å². The van der Waals surface area contributed by atoms with Crippen LogP contribution in [-0.2, 0) is 11.3 Å². The zero-order valence-electron chi connectivity index (χ0n) is 16.6. The molecule has 0 spiro atoms. The molecule has 0 unspecified atom stereocenters. The third-order valence-corrected chi connectivity index (χ3v) is 4.98. The monoisotopic (exact) mass is 383 g/mol. The van der Waals surface area contributed by atoms with Gasteiger partial charge in [-0.1, -0.05) is 30.3 Å². The number of likely N-dealkylation sites (tertiary alicyclic amines) is 1. The van der Waals surface area contributed by atoms with Gasteiger partial charge in [-0.2, -0.15) is 0 Å². The predicted molar refractivity (Wildman–Crippen MR) is 110 cm³/mol. The zero-order chi connectivity index (χ0) is 19.8. The molecule has 0 aliphatic carbocycles. The van der Waals surface area contributed by atoms with Gasteiger partial charge >= 0.3 is 0 Å². The van der Waals surface area contributed by atoms with Crippen molar-refractivity contribution >= 4 is 11.9 Å². The van der Waals surface area contributed by atoms with E-state index in [0.29, 0.717) is 24.8 Å². The van der Waals surface area contributed by atoms with E-state index >= 15 is 0 Å². The van der Waals surface area contributed by atoms with E-state index in [1.54, 1.807) is 13.2 Å². The minimum Gasteiger partial charge on any atom is -0.439 e. The molecule has 7 heteroatoms. The summed E-state index contributed by atoms with van der Waals surface area (Å²) in [6.45, 7) is 5.06. The van der Waals surface area contributed by atoms with Crippen LogP contribution < -0.4 is 10.6 Å². The van der Waals surface area contributed by atoms with Crippen LogP contribution in [0.3, 0.4) is 0 Å². The Morgan fingerprint density at radius 2 is 2.04 bits per heavy atom. The molecule has 2 aromatic rings. The molecule has 0 saturated carbocycles. The quantitative estimate of drug-likeness (QED) is 0.592. The van der Waals surface area contributed by atoms with Crippen LogP contribution in [0.1, 0.15) is 32.1 Å². The molecule has 1 saturated heterocycles. The summed E-state index contributed by atoms with van der Waals surface area (Å²) in [5, 5.41) is 6.07. The summed E-state index contributed by atoms with van der Waals surface area (Å²) in [4.78, 5) is 22.9. The summed E-state index contributed by atoms with van der Waals surface area (Å²) in [6.07, 6.45) is 4.35. The molecule has 28 heavy (non-hydrogen) atoms. The summed E-state index contributed by atoms with van der Waals surface area (Å²) in [5.41, 5.74) is 1.01. The molecule has 1 aliphatic heterocycles. The van der Waals surface area contributed by atoms with Gasteiger partial charge in [0.2, 0.25) is 11.8 Å². The number of hydrogen-bond donors (Lipinski definition) is 2. The Labute approximate surface area is 166 Å². The van der Waals surface area contributed by atoms with Crippen molar-refractivity contribution in [3.8, 4) is 11.3 Å². The second kappa shape index (κ2) is 9.92. The highest BCUT2D eigenvalue weighted by molar-refractivity contribution is 5.80. The van der Waals surface area contributed by atoms with Crippen LogP contribution in [0.5, 0.6) is 0 Å². The molecule has 3 rings (SSSR count). The molecular formula is C21H29N5O2. The normalized spacial score (nSPS) is 15.5. The van der Waals surface area contributed by atoms with Gasteiger partial charge < -0.3 is 20.0 Å². The maximum absolute atomic E-state index is 11.6. The Hall–Kier alpha value is -2.83. The first-order valence-corrected chi connectivity index (χ1v) is 9.93. The number of carbonyl (C=O) groups is 1. The lowest BCUT2D eigenvalue weighted by atomic mass is 9.93. The SMILES string of the molecule is CCNC(=NCc1ncc(-c2ccccc2)o1)N1CCC(CC(=O)NC)CC1. The van der Waals surface area contributed by atoms with Crippen LogP contribution in [-0.4, -0.2) is 48.4 Å². The number of nitrogens with zero attached hydrogens (tertiary/aromatic N) is 3. The van der Waals surface area contributed by atoms with Gasteiger partial charge in [-0.15, -0.1) is 0 Å². The van der Waals surface area contributed by atoms with Gasteiger partial charge in [0.15, 0.2) is 11.7 Å². The largest absolute Gasteiger partial charge is 0.439 e. The number of oxazole rings is 1. The summed E-state index contributed by atoms with van der Waals surface area (Å²) >= 11 is 0. The molecule has 150 valence electrons. The molecule has 0 radical (unpaired) electrons. The van der Waals surface area contributed by atoms with Gasteiger partial charge in [-0.25, -0.2) is 9.98 Å². The van der Waals surface area contributed by atoms with E-state index in [2.05, 4.69) is 27.4 Å². The number of aliphatic imine (C=N–C) groups is 1. The third-order valence-electron chi connectivity index (χ3n) is 4.98. The average molecular weight is 383 g/mol. The van der Waals surface area contributed by atoms with Crippen molar-refractivity contribution in [3.63, 3.8) is 0 Å². The summed E-state index contributed by atoms with van der Waals surface area (Å²) in [6, 6.07) is 9.94. The van der Waals surface area contributed by atoms with Crippen molar-refractivity contribution in [1.29, 1.82) is 0 Å².